The van der Waals surface area contributed by atoms with E-state index in [1.807, 2.05) is 43.1 Å². The fraction of sp³-hybridized carbons (Fsp3) is 0.480. The van der Waals surface area contributed by atoms with Crippen LogP contribution in [0.3, 0.4) is 0 Å². The molecule has 0 aliphatic carbocycles. The molecule has 34 heavy (non-hydrogen) atoms. The van der Waals surface area contributed by atoms with Crippen LogP contribution < -0.4 is 10.2 Å². The number of thiazole rings is 1. The van der Waals surface area contributed by atoms with Crippen LogP contribution in [-0.4, -0.2) is 71.1 Å². The van der Waals surface area contributed by atoms with Crippen molar-refractivity contribution < 1.29 is 14.3 Å². The molecule has 2 amide bonds. The lowest BCUT2D eigenvalue weighted by Crippen LogP contribution is -2.48. The number of nitrogens with zero attached hydrogens (tertiary/aromatic N) is 3. The van der Waals surface area contributed by atoms with Crippen molar-refractivity contribution in [1.29, 1.82) is 0 Å². The van der Waals surface area contributed by atoms with Gasteiger partial charge >= 0.3 is 0 Å². The number of fused-ring (bicyclic) bond motifs is 2. The minimum absolute atomic E-state index is 0.0316. The summed E-state index contributed by atoms with van der Waals surface area (Å²) in [4.78, 5) is 38.5. The maximum Gasteiger partial charge on any atom is 0.263 e. The summed E-state index contributed by atoms with van der Waals surface area (Å²) in [7, 11) is 0. The summed E-state index contributed by atoms with van der Waals surface area (Å²) in [6.07, 6.45) is 4.62. The number of likely N-dealkylation sites (tertiary alicyclic amines) is 1. The van der Waals surface area contributed by atoms with Gasteiger partial charge in [-0.15, -0.1) is 0 Å². The second-order valence-corrected chi connectivity index (χ2v) is 11.1. The van der Waals surface area contributed by atoms with E-state index in [1.54, 1.807) is 0 Å². The van der Waals surface area contributed by atoms with E-state index in [4.69, 9.17) is 9.72 Å². The van der Waals surface area contributed by atoms with Gasteiger partial charge in [0.15, 0.2) is 5.13 Å². The lowest BCUT2D eigenvalue weighted by molar-refractivity contribution is 0.0651. The average Bonchev–Trinajstić information content (AvgIpc) is 3.36. The van der Waals surface area contributed by atoms with Crippen LogP contribution in [-0.2, 0) is 17.6 Å². The zero-order valence-corrected chi connectivity index (χ0v) is 20.3. The molecule has 2 aromatic heterocycles. The van der Waals surface area contributed by atoms with Gasteiger partial charge in [-0.05, 0) is 50.5 Å². The number of hydrogen-bond donors (Lipinski definition) is 2. The molecule has 0 spiro atoms. The number of rotatable bonds is 4. The van der Waals surface area contributed by atoms with Gasteiger partial charge in [0.25, 0.3) is 11.8 Å². The van der Waals surface area contributed by atoms with Gasteiger partial charge in [-0.25, -0.2) is 4.98 Å². The summed E-state index contributed by atoms with van der Waals surface area (Å²) in [6, 6.07) is 6.03. The predicted molar refractivity (Wildman–Crippen MR) is 132 cm³/mol. The largest absolute Gasteiger partial charge is 0.377 e. The Hall–Kier alpha value is -2.91. The topological polar surface area (TPSA) is 90.6 Å². The number of carbonyl (C=O) groups excluding carboxylic acids is 2. The summed E-state index contributed by atoms with van der Waals surface area (Å²) >= 11 is 1.48. The highest BCUT2D eigenvalue weighted by Gasteiger charge is 2.35. The molecule has 5 heterocycles. The molecule has 6 rings (SSSR count). The smallest absolute Gasteiger partial charge is 0.263 e. The highest BCUT2D eigenvalue weighted by Crippen LogP contribution is 2.34. The Balaban J connectivity index is 1.28. The third-order valence-corrected chi connectivity index (χ3v) is 8.17. The van der Waals surface area contributed by atoms with Crippen LogP contribution in [0.1, 0.15) is 51.6 Å². The van der Waals surface area contributed by atoms with Gasteiger partial charge in [-0.2, -0.15) is 0 Å². The monoisotopic (exact) mass is 479 g/mol. The van der Waals surface area contributed by atoms with E-state index < -0.39 is 0 Å². The molecule has 0 bridgehead atoms. The number of anilines is 1. The molecule has 1 atom stereocenters. The second-order valence-electron chi connectivity index (χ2n) is 10.1. The summed E-state index contributed by atoms with van der Waals surface area (Å²) in [5.41, 5.74) is 3.54. The quantitative estimate of drug-likeness (QED) is 0.601. The molecule has 0 saturated carbocycles. The Morgan fingerprint density at radius 2 is 2.15 bits per heavy atom. The first-order chi connectivity index (χ1) is 16.4. The molecule has 0 radical (unpaired) electrons. The van der Waals surface area contributed by atoms with Crippen LogP contribution in [0.2, 0.25) is 0 Å². The fourth-order valence-corrected chi connectivity index (χ4v) is 6.17. The first-order valence-electron chi connectivity index (χ1n) is 11.9. The average molecular weight is 480 g/mol. The van der Waals surface area contributed by atoms with Crippen LogP contribution in [0, 0.1) is 0 Å². The van der Waals surface area contributed by atoms with Crippen molar-refractivity contribution in [3.63, 3.8) is 0 Å². The Morgan fingerprint density at radius 3 is 2.94 bits per heavy atom. The molecule has 8 nitrogen and oxygen atoms in total. The normalized spacial score (nSPS) is 21.8. The first kappa shape index (κ1) is 21.6. The summed E-state index contributed by atoms with van der Waals surface area (Å²) < 4.78 is 5.85. The number of hydrogen-bond acceptors (Lipinski definition) is 6. The Kier molecular flexibility index (Phi) is 5.14. The van der Waals surface area contributed by atoms with E-state index in [0.29, 0.717) is 13.2 Å². The molecule has 178 valence electrons. The molecule has 2 fully saturated rings. The molecule has 1 aromatic carbocycles. The number of nitrogens with one attached hydrogen (secondary N) is 2. The van der Waals surface area contributed by atoms with E-state index >= 15 is 0 Å². The molecule has 9 heteroatoms. The van der Waals surface area contributed by atoms with E-state index in [-0.39, 0.29) is 23.4 Å². The number of carbonyl (C=O) groups is 2. The van der Waals surface area contributed by atoms with Gasteiger partial charge in [-0.3, -0.25) is 9.59 Å². The van der Waals surface area contributed by atoms with Gasteiger partial charge in [0.1, 0.15) is 4.88 Å². The summed E-state index contributed by atoms with van der Waals surface area (Å²) in [5, 5.41) is 5.05. The van der Waals surface area contributed by atoms with E-state index in [1.165, 1.54) is 11.3 Å². The highest BCUT2D eigenvalue weighted by molar-refractivity contribution is 7.17. The van der Waals surface area contributed by atoms with Gasteiger partial charge in [0, 0.05) is 54.3 Å². The van der Waals surface area contributed by atoms with Gasteiger partial charge in [0.05, 0.1) is 24.9 Å². The van der Waals surface area contributed by atoms with Crippen LogP contribution in [0.5, 0.6) is 0 Å². The SMILES string of the molecule is CC1(C)Cc2nc(N3CCOC[C@@H]3Cc3c[nH]c4ccc(C(=O)N5CCC5)cc34)sc2C(=O)N1. The molecular weight excluding hydrogens is 450 g/mol. The fourth-order valence-electron chi connectivity index (χ4n) is 5.10. The molecular formula is C25H29N5O3S. The van der Waals surface area contributed by atoms with Crippen molar-refractivity contribution in [1.82, 2.24) is 20.2 Å². The molecule has 2 saturated heterocycles. The predicted octanol–water partition coefficient (Wildman–Crippen LogP) is 2.98. The van der Waals surface area contributed by atoms with Crippen molar-refractivity contribution in [3.8, 4) is 0 Å². The second kappa shape index (κ2) is 8.09. The molecule has 3 aliphatic rings. The summed E-state index contributed by atoms with van der Waals surface area (Å²) in [6.45, 7) is 7.73. The number of benzene rings is 1. The number of ether oxygens (including phenoxy) is 1. The van der Waals surface area contributed by atoms with Crippen molar-refractivity contribution in [2.75, 3.05) is 37.7 Å². The third-order valence-electron chi connectivity index (χ3n) is 7.04. The van der Waals surface area contributed by atoms with Gasteiger partial charge in [-0.1, -0.05) is 11.3 Å². The lowest BCUT2D eigenvalue weighted by atomic mass is 9.94. The van der Waals surface area contributed by atoms with Crippen molar-refractivity contribution in [3.05, 3.63) is 46.1 Å². The maximum absolute atomic E-state index is 12.7. The maximum atomic E-state index is 12.7. The van der Waals surface area contributed by atoms with E-state index in [0.717, 1.165) is 76.6 Å². The Labute approximate surface area is 202 Å². The number of aromatic nitrogens is 2. The Bertz CT molecular complexity index is 1270. The van der Waals surface area contributed by atoms with Crippen LogP contribution >= 0.6 is 11.3 Å². The van der Waals surface area contributed by atoms with E-state index in [2.05, 4.69) is 15.2 Å². The van der Waals surface area contributed by atoms with Gasteiger partial charge in [0.2, 0.25) is 0 Å². The van der Waals surface area contributed by atoms with E-state index in [9.17, 15) is 9.59 Å². The Morgan fingerprint density at radius 1 is 1.29 bits per heavy atom. The molecule has 2 N–H and O–H groups in total. The highest BCUT2D eigenvalue weighted by atomic mass is 32.1. The zero-order valence-electron chi connectivity index (χ0n) is 19.5. The minimum Gasteiger partial charge on any atom is -0.377 e. The molecule has 0 unspecified atom stereocenters. The van der Waals surface area contributed by atoms with Crippen molar-refractivity contribution >= 4 is 39.2 Å². The standard InChI is InChI=1S/C25H29N5O3S/c1-25(2)12-20-21(22(31)28-25)34-24(27-20)30-8-9-33-14-17(30)10-16-13-26-19-5-4-15(11-18(16)19)23(32)29-6-3-7-29/h4-5,11,13,17,26H,3,6-10,12,14H2,1-2H3,(H,28,31)/t17-/m0/s1. The van der Waals surface area contributed by atoms with Crippen LogP contribution in [0.15, 0.2) is 24.4 Å². The lowest BCUT2D eigenvalue weighted by Gasteiger charge is -2.35. The zero-order chi connectivity index (χ0) is 23.4. The number of morpholine rings is 1. The number of H-pyrrole nitrogens is 1. The van der Waals surface area contributed by atoms with Crippen molar-refractivity contribution in [2.45, 2.75) is 44.7 Å². The molecule has 3 aromatic rings. The minimum atomic E-state index is -0.283. The van der Waals surface area contributed by atoms with Crippen LogP contribution in [0.4, 0.5) is 5.13 Å². The van der Waals surface area contributed by atoms with Crippen LogP contribution in [0.25, 0.3) is 10.9 Å². The van der Waals surface area contributed by atoms with Gasteiger partial charge < -0.3 is 24.8 Å². The van der Waals surface area contributed by atoms with Crippen molar-refractivity contribution in [2.24, 2.45) is 0 Å². The first-order valence-corrected chi connectivity index (χ1v) is 12.8. The number of aromatic amines is 1. The summed E-state index contributed by atoms with van der Waals surface area (Å²) in [5.74, 6) is 0.0772. The number of amides is 2. The molecule has 3 aliphatic heterocycles. The third kappa shape index (κ3) is 3.76.